The minimum Gasteiger partial charge on any atom is -0.379 e. The molecule has 25 heavy (non-hydrogen) atoms. The molecule has 0 spiro atoms. The van der Waals surface area contributed by atoms with Gasteiger partial charge in [-0.05, 0) is 31.4 Å². The highest BCUT2D eigenvalue weighted by molar-refractivity contribution is 7.89. The van der Waals surface area contributed by atoms with Gasteiger partial charge in [0.2, 0.25) is 10.0 Å². The van der Waals surface area contributed by atoms with Crippen LogP contribution in [0.1, 0.15) is 32.6 Å². The minimum absolute atomic E-state index is 0.313. The molecule has 6 nitrogen and oxygen atoms in total. The van der Waals surface area contributed by atoms with E-state index in [1.54, 1.807) is 18.3 Å². The first kappa shape index (κ1) is 19.0. The summed E-state index contributed by atoms with van der Waals surface area (Å²) in [6.45, 7) is 5.62. The predicted octanol–water partition coefficient (Wildman–Crippen LogP) is 2.46. The van der Waals surface area contributed by atoms with Crippen LogP contribution >= 0.6 is 12.2 Å². The highest BCUT2D eigenvalue weighted by Gasteiger charge is 2.27. The predicted molar refractivity (Wildman–Crippen MR) is 99.5 cm³/mol. The first-order valence-corrected chi connectivity index (χ1v) is 10.9. The van der Waals surface area contributed by atoms with Gasteiger partial charge in [0.25, 0.3) is 0 Å². The number of pyridine rings is 1. The summed E-state index contributed by atoms with van der Waals surface area (Å²) in [7, 11) is -3.49. The monoisotopic (exact) mass is 385 g/mol. The van der Waals surface area contributed by atoms with Gasteiger partial charge in [0.1, 0.15) is 4.64 Å². The quantitative estimate of drug-likeness (QED) is 0.729. The number of hydrogen-bond donors (Lipinski definition) is 0. The second-order valence-electron chi connectivity index (χ2n) is 6.70. The lowest BCUT2D eigenvalue weighted by Crippen LogP contribution is -2.41. The summed E-state index contributed by atoms with van der Waals surface area (Å²) in [5.41, 5.74) is 0. The second-order valence-corrected chi connectivity index (χ2v) is 9.06. The molecule has 8 heteroatoms. The Kier molecular flexibility index (Phi) is 6.27. The van der Waals surface area contributed by atoms with E-state index < -0.39 is 10.0 Å². The van der Waals surface area contributed by atoms with Gasteiger partial charge in [0.15, 0.2) is 0 Å². The zero-order valence-corrected chi connectivity index (χ0v) is 16.4. The number of likely N-dealkylation sites (tertiary alicyclic amines) is 1. The van der Waals surface area contributed by atoms with Crippen molar-refractivity contribution in [1.29, 1.82) is 0 Å². The number of aromatic nitrogens is 1. The van der Waals surface area contributed by atoms with Gasteiger partial charge >= 0.3 is 0 Å². The molecule has 3 heterocycles. The first-order chi connectivity index (χ1) is 12.0. The number of ether oxygens (including phenoxy) is 1. The Balaban J connectivity index is 1.84. The minimum atomic E-state index is -3.49. The van der Waals surface area contributed by atoms with Crippen molar-refractivity contribution in [3.05, 3.63) is 23.0 Å². The Morgan fingerprint density at radius 3 is 2.68 bits per heavy atom. The standard InChI is InChI=1S/C17H27N3O3S2/c1-2-15-5-3-4-8-18(15)14-19-13-16(6-7-17(19)24)25(21,22)20-9-11-23-12-10-20/h6-7,13,15H,2-5,8-12,14H2,1H3/t15-/m1/s1. The molecule has 0 aromatic carbocycles. The van der Waals surface area contributed by atoms with Crippen LogP contribution in [0.4, 0.5) is 0 Å². The van der Waals surface area contributed by atoms with Gasteiger partial charge in [-0.1, -0.05) is 25.6 Å². The Bertz CT molecular complexity index is 742. The van der Waals surface area contributed by atoms with Crippen molar-refractivity contribution in [2.75, 3.05) is 32.8 Å². The van der Waals surface area contributed by atoms with Crippen molar-refractivity contribution in [3.63, 3.8) is 0 Å². The van der Waals surface area contributed by atoms with Crippen molar-refractivity contribution in [2.24, 2.45) is 0 Å². The van der Waals surface area contributed by atoms with Crippen LogP contribution in [-0.2, 0) is 21.4 Å². The van der Waals surface area contributed by atoms with Crippen LogP contribution in [0.3, 0.4) is 0 Å². The molecule has 0 aliphatic carbocycles. The van der Waals surface area contributed by atoms with E-state index >= 15 is 0 Å². The molecule has 2 aliphatic rings. The molecule has 2 saturated heterocycles. The molecule has 140 valence electrons. The lowest BCUT2D eigenvalue weighted by Gasteiger charge is -2.35. The van der Waals surface area contributed by atoms with Crippen LogP contribution in [0.25, 0.3) is 0 Å². The third-order valence-corrected chi connectivity index (χ3v) is 7.37. The fourth-order valence-corrected chi connectivity index (χ4v) is 5.22. The lowest BCUT2D eigenvalue weighted by molar-refractivity contribution is 0.0730. The molecule has 1 aromatic heterocycles. The maximum absolute atomic E-state index is 12.9. The second kappa shape index (κ2) is 8.26. The topological polar surface area (TPSA) is 54.8 Å². The first-order valence-electron chi connectivity index (χ1n) is 9.05. The fraction of sp³-hybridized carbons (Fsp3) is 0.706. The molecule has 0 saturated carbocycles. The summed E-state index contributed by atoms with van der Waals surface area (Å²) in [5.74, 6) is 0. The van der Waals surface area contributed by atoms with E-state index in [-0.39, 0.29) is 0 Å². The Morgan fingerprint density at radius 1 is 1.20 bits per heavy atom. The van der Waals surface area contributed by atoms with E-state index in [2.05, 4.69) is 11.8 Å². The molecule has 2 fully saturated rings. The molecular formula is C17H27N3O3S2. The Morgan fingerprint density at radius 2 is 1.96 bits per heavy atom. The summed E-state index contributed by atoms with van der Waals surface area (Å²) < 4.78 is 35.1. The third kappa shape index (κ3) is 4.31. The number of nitrogens with zero attached hydrogens (tertiary/aromatic N) is 3. The average molecular weight is 386 g/mol. The number of rotatable bonds is 5. The SMILES string of the molecule is CC[C@@H]1CCCCN1Cn1cc(S(=O)(=O)N2CCOCC2)ccc1=S. The molecule has 0 radical (unpaired) electrons. The largest absolute Gasteiger partial charge is 0.379 e. The van der Waals surface area contributed by atoms with E-state index in [4.69, 9.17) is 17.0 Å². The van der Waals surface area contributed by atoms with Gasteiger partial charge in [-0.3, -0.25) is 4.90 Å². The van der Waals surface area contributed by atoms with Crippen molar-refractivity contribution in [3.8, 4) is 0 Å². The van der Waals surface area contributed by atoms with Crippen LogP contribution in [-0.4, -0.2) is 61.1 Å². The number of morpholine rings is 1. The number of sulfonamides is 1. The molecule has 0 bridgehead atoms. The highest BCUT2D eigenvalue weighted by atomic mass is 32.2. The fourth-order valence-electron chi connectivity index (χ4n) is 3.61. The third-order valence-electron chi connectivity index (χ3n) is 5.12. The van der Waals surface area contributed by atoms with Crippen molar-refractivity contribution < 1.29 is 13.2 Å². The molecule has 0 unspecified atom stereocenters. The van der Waals surface area contributed by atoms with Crippen LogP contribution in [0.5, 0.6) is 0 Å². The summed E-state index contributed by atoms with van der Waals surface area (Å²) >= 11 is 5.44. The normalized spacial score (nSPS) is 23.6. The molecule has 0 amide bonds. The maximum Gasteiger partial charge on any atom is 0.244 e. The molecule has 2 aliphatic heterocycles. The van der Waals surface area contributed by atoms with E-state index in [0.717, 1.165) is 13.0 Å². The van der Waals surface area contributed by atoms with E-state index in [0.29, 0.717) is 48.5 Å². The van der Waals surface area contributed by atoms with Crippen LogP contribution in [0, 0.1) is 4.64 Å². The molecule has 3 rings (SSSR count). The van der Waals surface area contributed by atoms with E-state index in [1.807, 2.05) is 4.57 Å². The summed E-state index contributed by atoms with van der Waals surface area (Å²) in [6.07, 6.45) is 6.48. The van der Waals surface area contributed by atoms with Crippen molar-refractivity contribution >= 4 is 22.2 Å². The maximum atomic E-state index is 12.9. The average Bonchev–Trinajstić information content (AvgIpc) is 2.64. The smallest absolute Gasteiger partial charge is 0.244 e. The zero-order valence-electron chi connectivity index (χ0n) is 14.8. The summed E-state index contributed by atoms with van der Waals surface area (Å²) in [6, 6.07) is 3.90. The van der Waals surface area contributed by atoms with Gasteiger partial charge in [-0.2, -0.15) is 4.31 Å². The van der Waals surface area contributed by atoms with Gasteiger partial charge in [-0.15, -0.1) is 0 Å². The van der Waals surface area contributed by atoms with Crippen LogP contribution in [0.15, 0.2) is 23.2 Å². The van der Waals surface area contributed by atoms with Gasteiger partial charge in [0, 0.05) is 31.9 Å². The lowest BCUT2D eigenvalue weighted by atomic mass is 10.0. The summed E-state index contributed by atoms with van der Waals surface area (Å²) in [4.78, 5) is 2.73. The molecular weight excluding hydrogens is 358 g/mol. The van der Waals surface area contributed by atoms with Gasteiger partial charge < -0.3 is 9.30 Å². The van der Waals surface area contributed by atoms with Crippen molar-refractivity contribution in [2.45, 2.75) is 50.2 Å². The number of hydrogen-bond acceptors (Lipinski definition) is 5. The molecule has 1 atom stereocenters. The van der Waals surface area contributed by atoms with Crippen molar-refractivity contribution in [1.82, 2.24) is 13.8 Å². The Labute approximate surface area is 155 Å². The molecule has 1 aromatic rings. The summed E-state index contributed by atoms with van der Waals surface area (Å²) in [5, 5.41) is 0. The van der Waals surface area contributed by atoms with Gasteiger partial charge in [0.05, 0.1) is 24.8 Å². The van der Waals surface area contributed by atoms with Crippen LogP contribution < -0.4 is 0 Å². The van der Waals surface area contributed by atoms with Crippen LogP contribution in [0.2, 0.25) is 0 Å². The number of piperidine rings is 1. The van der Waals surface area contributed by atoms with Gasteiger partial charge in [-0.25, -0.2) is 8.42 Å². The highest BCUT2D eigenvalue weighted by Crippen LogP contribution is 2.22. The molecule has 0 N–H and O–H groups in total. The Hall–Kier alpha value is -0.800. The van der Waals surface area contributed by atoms with E-state index in [1.165, 1.54) is 23.6 Å². The van der Waals surface area contributed by atoms with E-state index in [9.17, 15) is 8.42 Å². The zero-order chi connectivity index (χ0) is 17.9.